The van der Waals surface area contributed by atoms with E-state index in [1.165, 1.54) is 0 Å². The van der Waals surface area contributed by atoms with Crippen LogP contribution in [0.2, 0.25) is 0 Å². The molecule has 5 heteroatoms. The molecule has 2 aromatic heterocycles. The van der Waals surface area contributed by atoms with Crippen LogP contribution in [0.3, 0.4) is 0 Å². The monoisotopic (exact) mass is 177 g/mol. The molecule has 5 nitrogen and oxygen atoms in total. The zero-order valence-electron chi connectivity index (χ0n) is 7.12. The second-order valence-corrected chi connectivity index (χ2v) is 2.72. The van der Waals surface area contributed by atoms with E-state index in [0.29, 0.717) is 0 Å². The van der Waals surface area contributed by atoms with Gasteiger partial charge in [0.1, 0.15) is 0 Å². The Balaban J connectivity index is 1.76. The summed E-state index contributed by atoms with van der Waals surface area (Å²) in [7, 11) is 0. The van der Waals surface area contributed by atoms with Crippen molar-refractivity contribution < 1.29 is 0 Å². The third-order valence-electron chi connectivity index (χ3n) is 1.72. The molecular weight excluding hydrogens is 166 g/mol. The Morgan fingerprint density at radius 1 is 1.00 bits per heavy atom. The minimum absolute atomic E-state index is 0.760. The average Bonchev–Trinajstić information content (AvgIpc) is 2.75. The highest BCUT2D eigenvalue weighted by Crippen LogP contribution is 1.92. The summed E-state index contributed by atoms with van der Waals surface area (Å²) >= 11 is 0. The van der Waals surface area contributed by atoms with Gasteiger partial charge in [-0.3, -0.25) is 0 Å². The van der Waals surface area contributed by atoms with Gasteiger partial charge in [-0.05, 0) is 0 Å². The summed E-state index contributed by atoms with van der Waals surface area (Å²) in [4.78, 5) is 14.0. The van der Waals surface area contributed by atoms with Crippen LogP contribution in [-0.4, -0.2) is 19.9 Å². The molecule has 0 unspecified atom stereocenters. The highest BCUT2D eigenvalue weighted by Gasteiger charge is 1.95. The van der Waals surface area contributed by atoms with Gasteiger partial charge in [0.2, 0.25) is 0 Å². The maximum Gasteiger partial charge on any atom is 0.0923 e. The van der Waals surface area contributed by atoms with Gasteiger partial charge in [-0.1, -0.05) is 0 Å². The largest absolute Gasteiger partial charge is 0.351 e. The molecule has 13 heavy (non-hydrogen) atoms. The topological polar surface area (TPSA) is 69.4 Å². The standard InChI is InChI=1S/C8H11N5/c1(7-3-10-5-12-7)9-2-8-4-11-6-13-8/h3-6,9H,1-2H2,(H,10,12)(H,11,13). The Hall–Kier alpha value is -1.62. The van der Waals surface area contributed by atoms with Crippen LogP contribution >= 0.6 is 0 Å². The smallest absolute Gasteiger partial charge is 0.0923 e. The van der Waals surface area contributed by atoms with Crippen LogP contribution in [0.5, 0.6) is 0 Å². The number of rotatable bonds is 4. The van der Waals surface area contributed by atoms with Gasteiger partial charge in [0.05, 0.1) is 24.0 Å². The third kappa shape index (κ3) is 2.16. The first-order valence-corrected chi connectivity index (χ1v) is 4.11. The number of imidazole rings is 2. The van der Waals surface area contributed by atoms with Gasteiger partial charge >= 0.3 is 0 Å². The molecule has 0 bridgehead atoms. The zero-order valence-corrected chi connectivity index (χ0v) is 7.12. The Labute approximate surface area is 75.6 Å². The van der Waals surface area contributed by atoms with Crippen LogP contribution in [0, 0.1) is 0 Å². The van der Waals surface area contributed by atoms with Crippen LogP contribution in [0.1, 0.15) is 11.4 Å². The third-order valence-corrected chi connectivity index (χ3v) is 1.72. The van der Waals surface area contributed by atoms with Crippen molar-refractivity contribution in [1.29, 1.82) is 0 Å². The summed E-state index contributed by atoms with van der Waals surface area (Å²) in [6.07, 6.45) is 7.09. The number of hydrogen-bond acceptors (Lipinski definition) is 3. The molecule has 3 N–H and O–H groups in total. The molecule has 2 heterocycles. The van der Waals surface area contributed by atoms with E-state index >= 15 is 0 Å². The molecule has 0 aliphatic rings. The SMILES string of the molecule is c1nc(CNCc2c[nH]cn2)c[nH]1. The van der Waals surface area contributed by atoms with E-state index < -0.39 is 0 Å². The molecule has 0 fully saturated rings. The first kappa shape index (κ1) is 8.00. The number of nitrogens with one attached hydrogen (secondary N) is 3. The summed E-state index contributed by atoms with van der Waals surface area (Å²) in [5.41, 5.74) is 2.02. The molecule has 0 atom stereocenters. The lowest BCUT2D eigenvalue weighted by Gasteiger charge is -1.98. The number of aromatic amines is 2. The number of nitrogens with zero attached hydrogens (tertiary/aromatic N) is 2. The maximum absolute atomic E-state index is 4.09. The van der Waals surface area contributed by atoms with Crippen molar-refractivity contribution >= 4 is 0 Å². The molecule has 2 aromatic rings. The predicted molar refractivity (Wildman–Crippen MR) is 47.7 cm³/mol. The minimum atomic E-state index is 0.760. The van der Waals surface area contributed by atoms with Crippen molar-refractivity contribution in [3.63, 3.8) is 0 Å². The van der Waals surface area contributed by atoms with Crippen molar-refractivity contribution in [2.75, 3.05) is 0 Å². The molecule has 0 saturated heterocycles. The molecule has 0 spiro atoms. The summed E-state index contributed by atoms with van der Waals surface area (Å²) < 4.78 is 0. The Morgan fingerprint density at radius 3 is 1.92 bits per heavy atom. The van der Waals surface area contributed by atoms with Gasteiger partial charge in [0.15, 0.2) is 0 Å². The molecule has 0 aliphatic carbocycles. The molecule has 0 aliphatic heterocycles. The van der Waals surface area contributed by atoms with Gasteiger partial charge in [0.25, 0.3) is 0 Å². The minimum Gasteiger partial charge on any atom is -0.351 e. The quantitative estimate of drug-likeness (QED) is 0.634. The highest BCUT2D eigenvalue weighted by molar-refractivity contribution is 4.96. The van der Waals surface area contributed by atoms with E-state index in [0.717, 1.165) is 24.5 Å². The van der Waals surface area contributed by atoms with E-state index in [2.05, 4.69) is 25.3 Å². The fourth-order valence-corrected chi connectivity index (χ4v) is 1.09. The van der Waals surface area contributed by atoms with E-state index in [9.17, 15) is 0 Å². The lowest BCUT2D eigenvalue weighted by atomic mass is 10.4. The molecule has 0 saturated carbocycles. The number of aromatic nitrogens is 4. The van der Waals surface area contributed by atoms with Crippen LogP contribution in [0.25, 0.3) is 0 Å². The fraction of sp³-hybridized carbons (Fsp3) is 0.250. The van der Waals surface area contributed by atoms with Gasteiger partial charge in [-0.25, -0.2) is 9.97 Å². The molecular formula is C8H11N5. The lowest BCUT2D eigenvalue weighted by molar-refractivity contribution is 0.672. The van der Waals surface area contributed by atoms with Crippen molar-refractivity contribution in [2.24, 2.45) is 0 Å². The van der Waals surface area contributed by atoms with Crippen LogP contribution < -0.4 is 5.32 Å². The normalized spacial score (nSPS) is 10.5. The molecule has 0 amide bonds. The summed E-state index contributed by atoms with van der Waals surface area (Å²) in [6.45, 7) is 1.52. The second-order valence-electron chi connectivity index (χ2n) is 2.72. The van der Waals surface area contributed by atoms with Crippen LogP contribution in [0.4, 0.5) is 0 Å². The summed E-state index contributed by atoms with van der Waals surface area (Å²) in [5.74, 6) is 0. The summed E-state index contributed by atoms with van der Waals surface area (Å²) in [6, 6.07) is 0. The first-order valence-electron chi connectivity index (χ1n) is 4.11. The van der Waals surface area contributed by atoms with E-state index in [4.69, 9.17) is 0 Å². The van der Waals surface area contributed by atoms with E-state index in [1.807, 2.05) is 12.4 Å². The summed E-state index contributed by atoms with van der Waals surface area (Å²) in [5, 5.41) is 3.23. The van der Waals surface area contributed by atoms with Crippen molar-refractivity contribution in [1.82, 2.24) is 25.3 Å². The van der Waals surface area contributed by atoms with Crippen molar-refractivity contribution in [3.8, 4) is 0 Å². The van der Waals surface area contributed by atoms with Crippen molar-refractivity contribution in [3.05, 3.63) is 36.4 Å². The Kier molecular flexibility index (Phi) is 2.38. The molecule has 0 aromatic carbocycles. The highest BCUT2D eigenvalue weighted by atomic mass is 15.0. The molecule has 68 valence electrons. The second kappa shape index (κ2) is 3.86. The maximum atomic E-state index is 4.09. The lowest BCUT2D eigenvalue weighted by Crippen LogP contribution is -2.12. The average molecular weight is 177 g/mol. The van der Waals surface area contributed by atoms with Gasteiger partial charge < -0.3 is 15.3 Å². The van der Waals surface area contributed by atoms with Gasteiger partial charge in [-0.2, -0.15) is 0 Å². The fourth-order valence-electron chi connectivity index (χ4n) is 1.09. The number of H-pyrrole nitrogens is 2. The number of hydrogen-bond donors (Lipinski definition) is 3. The zero-order chi connectivity index (χ0) is 8.93. The van der Waals surface area contributed by atoms with Gasteiger partial charge in [-0.15, -0.1) is 0 Å². The van der Waals surface area contributed by atoms with E-state index in [-0.39, 0.29) is 0 Å². The van der Waals surface area contributed by atoms with Crippen LogP contribution in [-0.2, 0) is 13.1 Å². The van der Waals surface area contributed by atoms with Crippen molar-refractivity contribution in [2.45, 2.75) is 13.1 Å². The first-order chi connectivity index (χ1) is 6.45. The van der Waals surface area contributed by atoms with Crippen LogP contribution in [0.15, 0.2) is 25.0 Å². The predicted octanol–water partition coefficient (Wildman–Crippen LogP) is 0.423. The Bertz CT molecular complexity index is 289. The van der Waals surface area contributed by atoms with E-state index in [1.54, 1.807) is 12.7 Å². The molecule has 0 radical (unpaired) electrons. The molecule has 2 rings (SSSR count). The van der Waals surface area contributed by atoms with Gasteiger partial charge in [0, 0.05) is 25.5 Å². The Morgan fingerprint density at radius 2 is 1.54 bits per heavy atom.